The molecule has 0 aliphatic heterocycles. The maximum atomic E-state index is 14.0. The van der Waals surface area contributed by atoms with Crippen molar-refractivity contribution in [1.82, 2.24) is 15.3 Å². The van der Waals surface area contributed by atoms with Crippen molar-refractivity contribution in [1.29, 1.82) is 0 Å². The highest BCUT2D eigenvalue weighted by Gasteiger charge is 2.12. The van der Waals surface area contributed by atoms with E-state index in [1.54, 1.807) is 67.0 Å². The summed E-state index contributed by atoms with van der Waals surface area (Å²) in [6.45, 7) is 2.26. The van der Waals surface area contributed by atoms with Gasteiger partial charge in [0.05, 0.1) is 17.0 Å². The number of ether oxygens (including phenoxy) is 1. The van der Waals surface area contributed by atoms with Crippen molar-refractivity contribution >= 4 is 17.7 Å². The number of carbonyl (C=O) groups is 3. The summed E-state index contributed by atoms with van der Waals surface area (Å²) in [6, 6.07) is 17.1. The zero-order chi connectivity index (χ0) is 28.5. The summed E-state index contributed by atoms with van der Waals surface area (Å²) in [5, 5.41) is 11.5. The number of carbonyl (C=O) groups excluding carboxylic acids is 2. The lowest BCUT2D eigenvalue weighted by atomic mass is 10.0. The van der Waals surface area contributed by atoms with Crippen molar-refractivity contribution in [2.24, 2.45) is 0 Å². The summed E-state index contributed by atoms with van der Waals surface area (Å²) in [7, 11) is 0. The van der Waals surface area contributed by atoms with Gasteiger partial charge in [-0.2, -0.15) is 0 Å². The van der Waals surface area contributed by atoms with Crippen LogP contribution in [0.5, 0.6) is 11.5 Å². The number of aliphatic carboxylic acids is 1. The zero-order valence-electron chi connectivity index (χ0n) is 22.1. The maximum absolute atomic E-state index is 14.0. The van der Waals surface area contributed by atoms with Crippen molar-refractivity contribution in [2.75, 3.05) is 6.54 Å². The maximum Gasteiger partial charge on any atom is 0.303 e. The van der Waals surface area contributed by atoms with E-state index in [0.717, 1.165) is 11.1 Å². The number of aryl methyl sites for hydroxylation is 1. The van der Waals surface area contributed by atoms with E-state index in [0.29, 0.717) is 53.4 Å². The van der Waals surface area contributed by atoms with E-state index < -0.39 is 5.97 Å². The lowest BCUT2D eigenvalue weighted by Crippen LogP contribution is -2.24. The predicted molar refractivity (Wildman–Crippen MR) is 148 cm³/mol. The summed E-state index contributed by atoms with van der Waals surface area (Å²) in [4.78, 5) is 42.8. The average molecular weight is 544 g/mol. The van der Waals surface area contributed by atoms with Crippen LogP contribution in [0, 0.1) is 12.7 Å². The highest BCUT2D eigenvalue weighted by atomic mass is 19.1. The average Bonchev–Trinajstić information content (AvgIpc) is 3.42. The normalized spacial score (nSPS) is 10.8. The molecule has 9 heteroatoms. The number of halogens is 1. The molecular weight excluding hydrogens is 513 g/mol. The monoisotopic (exact) mass is 543 g/mol. The molecule has 40 heavy (non-hydrogen) atoms. The number of nitrogens with one attached hydrogen (secondary N) is 2. The second-order valence-corrected chi connectivity index (χ2v) is 9.52. The quantitative estimate of drug-likeness (QED) is 0.187. The molecular formula is C31H30FN3O5. The van der Waals surface area contributed by atoms with Crippen LogP contribution in [-0.4, -0.2) is 39.3 Å². The minimum Gasteiger partial charge on any atom is -0.481 e. The van der Waals surface area contributed by atoms with Crippen molar-refractivity contribution in [3.05, 3.63) is 101 Å². The molecule has 0 saturated heterocycles. The van der Waals surface area contributed by atoms with Crippen molar-refractivity contribution in [3.8, 4) is 22.9 Å². The molecule has 4 aromatic rings. The van der Waals surface area contributed by atoms with E-state index in [2.05, 4.69) is 15.3 Å². The van der Waals surface area contributed by atoms with Crippen molar-refractivity contribution < 1.29 is 28.6 Å². The zero-order valence-corrected chi connectivity index (χ0v) is 22.1. The smallest absolute Gasteiger partial charge is 0.303 e. The number of unbranched alkanes of at least 4 members (excludes halogenated alkanes) is 1. The van der Waals surface area contributed by atoms with E-state index in [1.165, 1.54) is 6.07 Å². The molecule has 0 aliphatic rings. The molecule has 4 rings (SSSR count). The van der Waals surface area contributed by atoms with Gasteiger partial charge in [0.25, 0.3) is 5.91 Å². The van der Waals surface area contributed by atoms with Crippen LogP contribution in [0.25, 0.3) is 11.4 Å². The minimum absolute atomic E-state index is 0.0421. The van der Waals surface area contributed by atoms with E-state index >= 15 is 0 Å². The second-order valence-electron chi connectivity index (χ2n) is 9.52. The summed E-state index contributed by atoms with van der Waals surface area (Å²) in [5.74, 6) is -0.433. The summed E-state index contributed by atoms with van der Waals surface area (Å²) >= 11 is 0. The van der Waals surface area contributed by atoms with Crippen LogP contribution in [0.3, 0.4) is 0 Å². The van der Waals surface area contributed by atoms with Gasteiger partial charge in [-0.05, 0) is 61.2 Å². The number of carboxylic acids is 1. The highest BCUT2D eigenvalue weighted by Crippen LogP contribution is 2.26. The summed E-state index contributed by atoms with van der Waals surface area (Å²) < 4.78 is 19.9. The Kier molecular flexibility index (Phi) is 9.40. The molecule has 0 bridgehead atoms. The number of aromatic nitrogens is 2. The Morgan fingerprint density at radius 1 is 0.975 bits per heavy atom. The lowest BCUT2D eigenvalue weighted by Gasteiger charge is -2.08. The molecule has 0 fully saturated rings. The Balaban J connectivity index is 1.31. The number of hydrogen-bond acceptors (Lipinski definition) is 5. The van der Waals surface area contributed by atoms with E-state index in [4.69, 9.17) is 9.84 Å². The second kappa shape index (κ2) is 13.3. The molecule has 2 aromatic heterocycles. The first-order chi connectivity index (χ1) is 19.3. The Hall–Kier alpha value is -4.79. The number of pyridine rings is 1. The Morgan fingerprint density at radius 3 is 2.55 bits per heavy atom. The fraction of sp³-hybridized carbons (Fsp3) is 0.226. The number of benzene rings is 2. The molecule has 8 nitrogen and oxygen atoms in total. The third kappa shape index (κ3) is 8.10. The van der Waals surface area contributed by atoms with Crippen LogP contribution in [-0.2, 0) is 22.4 Å². The van der Waals surface area contributed by atoms with Crippen LogP contribution in [0.2, 0.25) is 0 Å². The molecule has 3 N–H and O–H groups in total. The lowest BCUT2D eigenvalue weighted by molar-refractivity contribution is -0.137. The summed E-state index contributed by atoms with van der Waals surface area (Å²) in [5.41, 5.74) is 3.79. The number of amides is 1. The van der Waals surface area contributed by atoms with Gasteiger partial charge in [0.1, 0.15) is 23.1 Å². The predicted octanol–water partition coefficient (Wildman–Crippen LogP) is 5.66. The molecule has 0 aliphatic carbocycles. The SMILES string of the molecule is Cc1ccc(F)c(CC(=O)Cc2ccc(Oc3ccnc(-c4cc(C(=O)NCCCCC(=O)O)c[nH]4)c3)cc2)c1. The summed E-state index contributed by atoms with van der Waals surface area (Å²) in [6.07, 6.45) is 4.59. The Bertz CT molecular complexity index is 1500. The van der Waals surface area contributed by atoms with Crippen LogP contribution >= 0.6 is 0 Å². The van der Waals surface area contributed by atoms with Gasteiger partial charge in [-0.3, -0.25) is 19.4 Å². The molecule has 0 unspecified atom stereocenters. The standard InChI is InChI=1S/C31H30FN3O5/c1-20-5-10-27(32)22(14-20)16-24(36)15-21-6-8-25(9-7-21)40-26-11-13-33-29(18-26)28-17-23(19-35-28)31(39)34-12-3-2-4-30(37)38/h5-11,13-14,17-19,35H,2-4,12,15-16H2,1H3,(H,34,39)(H,37,38). The number of hydrogen-bond donors (Lipinski definition) is 3. The molecule has 0 saturated carbocycles. The fourth-order valence-corrected chi connectivity index (χ4v) is 4.15. The fourth-order valence-electron chi connectivity index (χ4n) is 4.15. The highest BCUT2D eigenvalue weighted by molar-refractivity contribution is 5.95. The van der Waals surface area contributed by atoms with Crippen LogP contribution < -0.4 is 10.1 Å². The molecule has 0 radical (unpaired) electrons. The van der Waals surface area contributed by atoms with Crippen molar-refractivity contribution in [3.63, 3.8) is 0 Å². The van der Waals surface area contributed by atoms with Gasteiger partial charge >= 0.3 is 5.97 Å². The van der Waals surface area contributed by atoms with E-state index in [-0.39, 0.29) is 36.8 Å². The largest absolute Gasteiger partial charge is 0.481 e. The van der Waals surface area contributed by atoms with Gasteiger partial charge in [-0.1, -0.05) is 29.8 Å². The first-order valence-electron chi connectivity index (χ1n) is 12.9. The molecule has 2 aromatic carbocycles. The number of ketones is 1. The third-order valence-electron chi connectivity index (χ3n) is 6.20. The topological polar surface area (TPSA) is 121 Å². The first-order valence-corrected chi connectivity index (χ1v) is 12.9. The van der Waals surface area contributed by atoms with Gasteiger partial charge in [-0.15, -0.1) is 0 Å². The molecule has 1 amide bonds. The molecule has 2 heterocycles. The van der Waals surface area contributed by atoms with Gasteiger partial charge in [-0.25, -0.2) is 4.39 Å². The van der Waals surface area contributed by atoms with Gasteiger partial charge in [0.15, 0.2) is 0 Å². The van der Waals surface area contributed by atoms with Gasteiger partial charge < -0.3 is 20.1 Å². The van der Waals surface area contributed by atoms with Crippen LogP contribution in [0.4, 0.5) is 4.39 Å². The molecule has 206 valence electrons. The van der Waals surface area contributed by atoms with E-state index in [1.807, 2.05) is 6.92 Å². The molecule has 0 atom stereocenters. The number of H-pyrrole nitrogens is 1. The molecule has 0 spiro atoms. The van der Waals surface area contributed by atoms with Crippen molar-refractivity contribution in [2.45, 2.75) is 39.0 Å². The van der Waals surface area contributed by atoms with Crippen LogP contribution in [0.1, 0.15) is 46.3 Å². The van der Waals surface area contributed by atoms with Crippen LogP contribution in [0.15, 0.2) is 73.1 Å². The van der Waals surface area contributed by atoms with Gasteiger partial charge in [0, 0.05) is 44.3 Å². The Labute approximate surface area is 231 Å². The number of rotatable bonds is 13. The minimum atomic E-state index is -0.850. The number of nitrogens with zero attached hydrogens (tertiary/aromatic N) is 1. The van der Waals surface area contributed by atoms with Gasteiger partial charge in [0.2, 0.25) is 0 Å². The van der Waals surface area contributed by atoms with E-state index in [9.17, 15) is 18.8 Å². The Morgan fingerprint density at radius 2 is 1.77 bits per heavy atom. The third-order valence-corrected chi connectivity index (χ3v) is 6.20. The number of Topliss-reactive ketones (excluding diaryl/α,β-unsaturated/α-hetero) is 1. The number of carboxylic acid groups (broad SMARTS) is 1. The first kappa shape index (κ1) is 28.2. The number of aromatic amines is 1.